The zero-order valence-electron chi connectivity index (χ0n) is 11.5. The molecule has 0 unspecified atom stereocenters. The molecule has 0 saturated heterocycles. The Morgan fingerprint density at radius 3 is 2.75 bits per heavy atom. The highest BCUT2D eigenvalue weighted by Crippen LogP contribution is 2.17. The maximum absolute atomic E-state index is 12.0. The molecule has 0 bridgehead atoms. The van der Waals surface area contributed by atoms with Crippen LogP contribution in [0.15, 0.2) is 33.5 Å². The van der Waals surface area contributed by atoms with Crippen molar-refractivity contribution < 1.29 is 23.2 Å². The zero-order chi connectivity index (χ0) is 14.7. The molecule has 0 aromatic carbocycles. The number of aryl methyl sites for hydroxylation is 1. The Balaban J connectivity index is 2.10. The fraction of sp³-hybridized carbons (Fsp3) is 0.286. The number of amides is 1. The number of carbonyl (C=O) groups excluding carboxylic acids is 2. The lowest BCUT2D eigenvalue weighted by molar-refractivity contribution is 0.0598. The molecule has 0 saturated carbocycles. The summed E-state index contributed by atoms with van der Waals surface area (Å²) in [5.41, 5.74) is 0.829. The number of methoxy groups -OCH3 is 1. The third-order valence-corrected chi connectivity index (χ3v) is 2.88. The van der Waals surface area contributed by atoms with E-state index in [9.17, 15) is 9.59 Å². The van der Waals surface area contributed by atoms with E-state index in [1.54, 1.807) is 26.1 Å². The Morgan fingerprint density at radius 2 is 2.15 bits per heavy atom. The smallest absolute Gasteiger partial charge is 0.341 e. The summed E-state index contributed by atoms with van der Waals surface area (Å²) in [6.45, 7) is 1.93. The lowest BCUT2D eigenvalue weighted by atomic mass is 10.2. The molecule has 0 aliphatic carbocycles. The minimum Gasteiger partial charge on any atom is -0.472 e. The Morgan fingerprint density at radius 1 is 1.40 bits per heavy atom. The van der Waals surface area contributed by atoms with Crippen LogP contribution in [0, 0.1) is 6.92 Å². The molecule has 20 heavy (non-hydrogen) atoms. The second-order valence-corrected chi connectivity index (χ2v) is 4.35. The summed E-state index contributed by atoms with van der Waals surface area (Å²) in [5, 5.41) is 0. The first-order valence-corrected chi connectivity index (χ1v) is 5.98. The molecule has 2 rings (SSSR count). The molecule has 0 aliphatic heterocycles. The monoisotopic (exact) mass is 277 g/mol. The molecule has 0 aliphatic rings. The Bertz CT molecular complexity index is 612. The minimum absolute atomic E-state index is 0.188. The van der Waals surface area contributed by atoms with E-state index in [0.29, 0.717) is 22.6 Å². The van der Waals surface area contributed by atoms with Crippen LogP contribution in [0.25, 0.3) is 0 Å². The lowest BCUT2D eigenvalue weighted by Gasteiger charge is -2.14. The first-order valence-electron chi connectivity index (χ1n) is 5.98. The fourth-order valence-corrected chi connectivity index (χ4v) is 1.85. The molecule has 0 radical (unpaired) electrons. The summed E-state index contributed by atoms with van der Waals surface area (Å²) < 4.78 is 15.0. The van der Waals surface area contributed by atoms with Crippen LogP contribution < -0.4 is 0 Å². The third-order valence-electron chi connectivity index (χ3n) is 2.88. The van der Waals surface area contributed by atoms with Crippen LogP contribution in [-0.4, -0.2) is 30.9 Å². The predicted molar refractivity (Wildman–Crippen MR) is 69.3 cm³/mol. The molecule has 1 amide bonds. The number of furan rings is 2. The summed E-state index contributed by atoms with van der Waals surface area (Å²) in [5.74, 6) is 0.340. The molecule has 2 aromatic rings. The van der Waals surface area contributed by atoms with Crippen LogP contribution in [-0.2, 0) is 11.3 Å². The van der Waals surface area contributed by atoms with Gasteiger partial charge in [-0.25, -0.2) is 4.79 Å². The number of ether oxygens (including phenoxy) is 1. The second-order valence-electron chi connectivity index (χ2n) is 4.35. The van der Waals surface area contributed by atoms with Crippen molar-refractivity contribution >= 4 is 11.9 Å². The van der Waals surface area contributed by atoms with Gasteiger partial charge in [-0.15, -0.1) is 0 Å². The van der Waals surface area contributed by atoms with Gasteiger partial charge in [0.15, 0.2) is 0 Å². The molecule has 106 valence electrons. The first kappa shape index (κ1) is 13.9. The van der Waals surface area contributed by atoms with Gasteiger partial charge in [0.2, 0.25) is 0 Å². The van der Waals surface area contributed by atoms with Crippen molar-refractivity contribution in [2.24, 2.45) is 0 Å². The maximum atomic E-state index is 12.0. The summed E-state index contributed by atoms with van der Waals surface area (Å²) >= 11 is 0. The van der Waals surface area contributed by atoms with Crippen molar-refractivity contribution in [3.05, 3.63) is 47.3 Å². The van der Waals surface area contributed by atoms with Crippen molar-refractivity contribution in [3.63, 3.8) is 0 Å². The Labute approximate surface area is 115 Å². The number of hydrogen-bond donors (Lipinski definition) is 0. The highest BCUT2D eigenvalue weighted by Gasteiger charge is 2.19. The molecule has 6 nitrogen and oxygen atoms in total. The Kier molecular flexibility index (Phi) is 3.93. The highest BCUT2D eigenvalue weighted by atomic mass is 16.5. The van der Waals surface area contributed by atoms with E-state index in [1.807, 2.05) is 0 Å². The van der Waals surface area contributed by atoms with E-state index in [1.165, 1.54) is 24.5 Å². The summed E-state index contributed by atoms with van der Waals surface area (Å²) in [6.07, 6.45) is 2.82. The van der Waals surface area contributed by atoms with Gasteiger partial charge in [0.1, 0.15) is 23.3 Å². The van der Waals surface area contributed by atoms with Gasteiger partial charge in [-0.3, -0.25) is 4.79 Å². The summed E-state index contributed by atoms with van der Waals surface area (Å²) in [6, 6.07) is 3.17. The number of carbonyl (C=O) groups is 2. The van der Waals surface area contributed by atoms with Crippen molar-refractivity contribution in [1.29, 1.82) is 0 Å². The third kappa shape index (κ3) is 2.74. The van der Waals surface area contributed by atoms with Crippen LogP contribution >= 0.6 is 0 Å². The van der Waals surface area contributed by atoms with Crippen molar-refractivity contribution in [1.82, 2.24) is 4.90 Å². The predicted octanol–water partition coefficient (Wildman–Crippen LogP) is 2.24. The average molecular weight is 277 g/mol. The van der Waals surface area contributed by atoms with Crippen molar-refractivity contribution in [2.45, 2.75) is 13.5 Å². The normalized spacial score (nSPS) is 10.3. The van der Waals surface area contributed by atoms with Gasteiger partial charge in [0, 0.05) is 7.05 Å². The van der Waals surface area contributed by atoms with Gasteiger partial charge in [0.05, 0.1) is 25.5 Å². The average Bonchev–Trinajstić information content (AvgIpc) is 3.06. The van der Waals surface area contributed by atoms with E-state index in [4.69, 9.17) is 8.83 Å². The van der Waals surface area contributed by atoms with E-state index in [2.05, 4.69) is 4.74 Å². The van der Waals surface area contributed by atoms with Crippen LogP contribution in [0.3, 0.4) is 0 Å². The topological polar surface area (TPSA) is 72.9 Å². The summed E-state index contributed by atoms with van der Waals surface area (Å²) in [7, 11) is 2.95. The van der Waals surface area contributed by atoms with Gasteiger partial charge in [-0.05, 0) is 19.1 Å². The second kappa shape index (κ2) is 5.64. The quantitative estimate of drug-likeness (QED) is 0.801. The molecule has 0 fully saturated rings. The van der Waals surface area contributed by atoms with Crippen LogP contribution in [0.5, 0.6) is 0 Å². The van der Waals surface area contributed by atoms with Crippen LogP contribution in [0.1, 0.15) is 32.2 Å². The standard InChI is InChI=1S/C14H15NO5/c1-9-12(14(17)18-3)6-11(20-9)7-15(2)13(16)10-4-5-19-8-10/h4-6,8H,7H2,1-3H3. The first-order chi connectivity index (χ1) is 9.52. The molecule has 2 heterocycles. The van der Waals surface area contributed by atoms with Gasteiger partial charge in [-0.1, -0.05) is 0 Å². The minimum atomic E-state index is -0.457. The maximum Gasteiger partial charge on any atom is 0.341 e. The van der Waals surface area contributed by atoms with Gasteiger partial charge < -0.3 is 18.5 Å². The van der Waals surface area contributed by atoms with Gasteiger partial charge in [-0.2, -0.15) is 0 Å². The molecule has 2 aromatic heterocycles. The SMILES string of the molecule is COC(=O)c1cc(CN(C)C(=O)c2ccoc2)oc1C. The number of rotatable bonds is 4. The summed E-state index contributed by atoms with van der Waals surface area (Å²) in [4.78, 5) is 25.0. The highest BCUT2D eigenvalue weighted by molar-refractivity contribution is 5.93. The molecule has 6 heteroatoms. The van der Waals surface area contributed by atoms with Crippen LogP contribution in [0.4, 0.5) is 0 Å². The van der Waals surface area contributed by atoms with E-state index in [0.717, 1.165) is 0 Å². The fourth-order valence-electron chi connectivity index (χ4n) is 1.85. The van der Waals surface area contributed by atoms with E-state index >= 15 is 0 Å². The van der Waals surface area contributed by atoms with Crippen molar-refractivity contribution in [2.75, 3.05) is 14.2 Å². The van der Waals surface area contributed by atoms with E-state index in [-0.39, 0.29) is 12.5 Å². The van der Waals surface area contributed by atoms with Gasteiger partial charge in [0.25, 0.3) is 5.91 Å². The molecular formula is C14H15NO5. The molecule has 0 spiro atoms. The van der Waals surface area contributed by atoms with Crippen LogP contribution in [0.2, 0.25) is 0 Å². The molecule has 0 atom stereocenters. The number of esters is 1. The van der Waals surface area contributed by atoms with E-state index < -0.39 is 5.97 Å². The Hall–Kier alpha value is -2.50. The number of nitrogens with zero attached hydrogens (tertiary/aromatic N) is 1. The largest absolute Gasteiger partial charge is 0.472 e. The van der Waals surface area contributed by atoms with Gasteiger partial charge >= 0.3 is 5.97 Å². The lowest BCUT2D eigenvalue weighted by Crippen LogP contribution is -2.25. The molecular weight excluding hydrogens is 262 g/mol. The number of hydrogen-bond acceptors (Lipinski definition) is 5. The molecule has 0 N–H and O–H groups in total. The zero-order valence-corrected chi connectivity index (χ0v) is 11.5. The van der Waals surface area contributed by atoms with Crippen molar-refractivity contribution in [3.8, 4) is 0 Å².